The van der Waals surface area contributed by atoms with E-state index >= 15 is 0 Å². The molecule has 0 aliphatic carbocycles. The maximum atomic E-state index is 8.88. The molecule has 0 atom stereocenters. The summed E-state index contributed by atoms with van der Waals surface area (Å²) in [6.45, 7) is 0. The maximum Gasteiger partial charge on any atom is 2.00 e. The minimum atomic E-state index is -4.64. The van der Waals surface area contributed by atoms with Crippen LogP contribution in [0.3, 0.4) is 0 Å². The molecule has 53 valence electrons. The van der Waals surface area contributed by atoms with Crippen LogP contribution in [0.4, 0.5) is 0 Å². The quantitative estimate of drug-likeness (QED) is 0.299. The fourth-order valence-electron chi connectivity index (χ4n) is 0. The van der Waals surface area contributed by atoms with Crippen molar-refractivity contribution >= 4 is 30.9 Å². The van der Waals surface area contributed by atoms with Gasteiger partial charge in [0.1, 0.15) is 0 Å². The molecule has 0 saturated heterocycles. The Labute approximate surface area is 107 Å². The molecule has 0 amide bonds. The van der Waals surface area contributed by atoms with E-state index in [0.29, 0.717) is 0 Å². The Kier molecular flexibility index (Phi) is 43.8. The minimum absolute atomic E-state index is 0. The summed E-state index contributed by atoms with van der Waals surface area (Å²) in [5.74, 6) is 0. The van der Waals surface area contributed by atoms with E-state index in [1.165, 1.54) is 0 Å². The maximum absolute atomic E-state index is 8.88. The van der Waals surface area contributed by atoms with Gasteiger partial charge in [-0.15, -0.1) is 0 Å². The zero-order valence-corrected chi connectivity index (χ0v) is 9.23. The van der Waals surface area contributed by atoms with E-state index in [2.05, 4.69) is 0 Å². The third-order valence-electron chi connectivity index (χ3n) is 0. The standard InChI is InChI=1S/Fe.Li.Mg.Mn.H3O4P.3H/c;;;;1-5(2,3)4;;;/h;;;;(H3,1,2,3,4);;;/q;+1;+2;;;3*-1. The summed E-state index contributed by atoms with van der Waals surface area (Å²) >= 11 is 0. The van der Waals surface area contributed by atoms with E-state index in [1.54, 1.807) is 0 Å². The largest absolute Gasteiger partial charge is 2.00 e. The van der Waals surface area contributed by atoms with E-state index in [4.69, 9.17) is 19.2 Å². The van der Waals surface area contributed by atoms with Crippen molar-refractivity contribution in [3.63, 3.8) is 0 Å². The zero-order chi connectivity index (χ0) is 4.50. The third-order valence-corrected chi connectivity index (χ3v) is 0. The molecule has 9 heavy (non-hydrogen) atoms. The smallest absolute Gasteiger partial charge is 1.00 e. The summed E-state index contributed by atoms with van der Waals surface area (Å²) in [7, 11) is -4.64. The molecule has 0 aromatic carbocycles. The third kappa shape index (κ3) is 121. The van der Waals surface area contributed by atoms with E-state index < -0.39 is 7.82 Å². The van der Waals surface area contributed by atoms with Crippen LogP contribution >= 0.6 is 7.82 Å². The summed E-state index contributed by atoms with van der Waals surface area (Å²) in [5, 5.41) is 0. The first-order valence-corrected chi connectivity index (χ1v) is 2.35. The number of hydrogen-bond acceptors (Lipinski definition) is 1. The molecule has 0 heterocycles. The first-order valence-electron chi connectivity index (χ1n) is 0.783. The van der Waals surface area contributed by atoms with Gasteiger partial charge in [-0.2, -0.15) is 0 Å². The van der Waals surface area contributed by atoms with E-state index in [0.717, 1.165) is 0 Å². The Bertz CT molecular complexity index is 76.4. The molecule has 9 heteroatoms. The summed E-state index contributed by atoms with van der Waals surface area (Å²) < 4.78 is 8.88. The Morgan fingerprint density at radius 3 is 1.22 bits per heavy atom. The Morgan fingerprint density at radius 1 is 1.22 bits per heavy atom. The Morgan fingerprint density at radius 2 is 1.22 bits per heavy atom. The molecule has 0 saturated carbocycles. The van der Waals surface area contributed by atoms with Gasteiger partial charge in [0.05, 0.1) is 0 Å². The van der Waals surface area contributed by atoms with E-state index in [9.17, 15) is 0 Å². The fourth-order valence-corrected chi connectivity index (χ4v) is 0. The number of rotatable bonds is 0. The second-order valence-electron chi connectivity index (χ2n) is 0.513. The van der Waals surface area contributed by atoms with Gasteiger partial charge in [0.25, 0.3) is 0 Å². The van der Waals surface area contributed by atoms with Crippen molar-refractivity contribution < 1.29 is 76.5 Å². The van der Waals surface area contributed by atoms with Crippen LogP contribution in [0.5, 0.6) is 0 Å². The van der Waals surface area contributed by atoms with Gasteiger partial charge < -0.3 is 19.0 Å². The fraction of sp³-hybridized carbons (Fsp3) is 0. The molecular formula is H6FeLiMgMnO4P. The molecule has 0 aromatic heterocycles. The van der Waals surface area contributed by atoms with Gasteiger partial charge >= 0.3 is 49.7 Å². The molecule has 0 fully saturated rings. The summed E-state index contributed by atoms with van der Waals surface area (Å²) in [5.41, 5.74) is 0. The summed E-state index contributed by atoms with van der Waals surface area (Å²) in [6.07, 6.45) is 0. The monoisotopic (exact) mass is 243 g/mol. The van der Waals surface area contributed by atoms with Crippen molar-refractivity contribution in [1.29, 1.82) is 0 Å². The van der Waals surface area contributed by atoms with Gasteiger partial charge in [-0.25, -0.2) is 4.57 Å². The van der Waals surface area contributed by atoms with Crippen LogP contribution in [0.2, 0.25) is 0 Å². The van der Waals surface area contributed by atoms with Gasteiger partial charge in [0.15, 0.2) is 0 Å². The molecule has 0 aliphatic heterocycles. The molecule has 0 unspecified atom stereocenters. The number of phosphoric acid groups is 1. The molecule has 0 spiro atoms. The first-order chi connectivity index (χ1) is 2.00. The first kappa shape index (κ1) is 30.0. The summed E-state index contributed by atoms with van der Waals surface area (Å²) in [4.78, 5) is 21.6. The second kappa shape index (κ2) is 13.1. The van der Waals surface area contributed by atoms with Crippen LogP contribution in [0.15, 0.2) is 0 Å². The van der Waals surface area contributed by atoms with Gasteiger partial charge in [0.2, 0.25) is 0 Å². The van der Waals surface area contributed by atoms with Crippen molar-refractivity contribution in [2.45, 2.75) is 0 Å². The molecule has 4 nitrogen and oxygen atoms in total. The minimum Gasteiger partial charge on any atom is -1.00 e. The second-order valence-corrected chi connectivity index (χ2v) is 1.54. The van der Waals surface area contributed by atoms with Crippen molar-refractivity contribution in [3.05, 3.63) is 0 Å². The van der Waals surface area contributed by atoms with E-state index in [-0.39, 0.29) is 80.3 Å². The predicted molar refractivity (Wildman–Crippen MR) is 23.4 cm³/mol. The van der Waals surface area contributed by atoms with Crippen molar-refractivity contribution in [2.24, 2.45) is 0 Å². The van der Waals surface area contributed by atoms with Crippen LogP contribution in [0.25, 0.3) is 0 Å². The van der Waals surface area contributed by atoms with Crippen molar-refractivity contribution in [2.75, 3.05) is 0 Å². The van der Waals surface area contributed by atoms with Crippen LogP contribution in [-0.4, -0.2) is 37.7 Å². The van der Waals surface area contributed by atoms with Crippen LogP contribution in [0.1, 0.15) is 4.28 Å². The van der Waals surface area contributed by atoms with E-state index in [1.807, 2.05) is 0 Å². The van der Waals surface area contributed by atoms with Crippen molar-refractivity contribution in [1.82, 2.24) is 0 Å². The van der Waals surface area contributed by atoms with Gasteiger partial charge in [-0.3, -0.25) is 0 Å². The normalized spacial score (nSPS) is 6.56. The zero-order valence-electron chi connectivity index (χ0n) is 7.64. The van der Waals surface area contributed by atoms with Gasteiger partial charge in [-0.05, 0) is 0 Å². The molecular weight excluding hydrogens is 237 g/mol. The van der Waals surface area contributed by atoms with Crippen LogP contribution in [-0.2, 0) is 38.7 Å². The molecule has 0 aromatic rings. The van der Waals surface area contributed by atoms with Crippen molar-refractivity contribution in [3.8, 4) is 0 Å². The van der Waals surface area contributed by atoms with Crippen LogP contribution in [0, 0.1) is 0 Å². The molecule has 1 radical (unpaired) electrons. The SMILES string of the molecule is O=P(O)(O)O.[Fe].[H-].[H-].[H-].[Li+].[Mg+2].[Mn]. The topological polar surface area (TPSA) is 77.8 Å². The molecule has 0 rings (SSSR count). The summed E-state index contributed by atoms with van der Waals surface area (Å²) in [6, 6.07) is 0. The molecule has 0 bridgehead atoms. The molecule has 0 aliphatic rings. The average Bonchev–Trinajstić information content (AvgIpc) is 0.722. The molecule has 3 N–H and O–H groups in total. The Hall–Kier alpha value is 2.51. The average molecular weight is 243 g/mol. The Balaban J connectivity index is -0.00000000381. The van der Waals surface area contributed by atoms with Gasteiger partial charge in [0, 0.05) is 34.1 Å². The number of hydrogen-bond donors (Lipinski definition) is 3. The van der Waals surface area contributed by atoms with Crippen LogP contribution < -0.4 is 18.9 Å². The predicted octanol–water partition coefficient (Wildman–Crippen LogP) is -3.97. The van der Waals surface area contributed by atoms with Gasteiger partial charge in [-0.1, -0.05) is 0 Å².